The molecule has 7 unspecified atom stereocenters. The van der Waals surface area contributed by atoms with E-state index in [1.54, 1.807) is 0 Å². The maximum Gasteiger partial charge on any atom is 0.472 e. The molecule has 17 nitrogen and oxygen atoms in total. The number of carbonyl (C=O) groups is 2. The van der Waals surface area contributed by atoms with Crippen LogP contribution in [-0.2, 0) is 46.5 Å². The van der Waals surface area contributed by atoms with Gasteiger partial charge in [0.25, 0.3) is 0 Å². The summed E-state index contributed by atoms with van der Waals surface area (Å²) in [5, 5.41) is 41.2. The molecule has 374 valence electrons. The first-order valence-electron chi connectivity index (χ1n) is 24.0. The number of phosphoric acid groups is 2. The number of rotatable bonds is 39. The Bertz CT molecular complexity index is 1410. The Morgan fingerprint density at radius 3 is 1.67 bits per heavy atom. The van der Waals surface area contributed by atoms with Crippen molar-refractivity contribution in [2.45, 2.75) is 236 Å². The lowest BCUT2D eigenvalue weighted by atomic mass is 9.85. The molecule has 1 aliphatic carbocycles. The van der Waals surface area contributed by atoms with E-state index in [-0.39, 0.29) is 12.8 Å². The van der Waals surface area contributed by atoms with Gasteiger partial charge >= 0.3 is 27.6 Å². The molecule has 7 N–H and O–H groups in total. The molecule has 0 radical (unpaired) electrons. The summed E-state index contributed by atoms with van der Waals surface area (Å²) < 4.78 is 55.2. The first-order valence-corrected chi connectivity index (χ1v) is 27.0. The van der Waals surface area contributed by atoms with Gasteiger partial charge in [0.05, 0.1) is 18.8 Å². The van der Waals surface area contributed by atoms with E-state index >= 15 is 0 Å². The van der Waals surface area contributed by atoms with Gasteiger partial charge < -0.3 is 49.3 Å². The molecule has 0 aromatic rings. The van der Waals surface area contributed by atoms with E-state index in [0.29, 0.717) is 25.0 Å². The van der Waals surface area contributed by atoms with Crippen molar-refractivity contribution in [1.29, 1.82) is 0 Å². The molecule has 0 aromatic carbocycles. The molecule has 2 fully saturated rings. The van der Waals surface area contributed by atoms with E-state index in [0.717, 1.165) is 83.5 Å². The van der Waals surface area contributed by atoms with Crippen LogP contribution in [-0.4, -0.2) is 115 Å². The molecule has 0 bridgehead atoms. The highest BCUT2D eigenvalue weighted by Crippen LogP contribution is 2.49. The van der Waals surface area contributed by atoms with Crippen LogP contribution in [0.25, 0.3) is 0 Å². The van der Waals surface area contributed by atoms with Crippen molar-refractivity contribution >= 4 is 27.6 Å². The second-order valence-electron chi connectivity index (χ2n) is 17.2. The van der Waals surface area contributed by atoms with Crippen LogP contribution >= 0.6 is 15.6 Å². The first kappa shape index (κ1) is 58.6. The highest BCUT2D eigenvalue weighted by Gasteiger charge is 2.54. The second kappa shape index (κ2) is 33.8. The predicted octanol–water partition coefficient (Wildman–Crippen LogP) is 7.94. The Labute approximate surface area is 381 Å². The van der Waals surface area contributed by atoms with Crippen LogP contribution in [0.5, 0.6) is 0 Å². The number of epoxide rings is 1. The van der Waals surface area contributed by atoms with E-state index in [9.17, 15) is 53.8 Å². The Balaban J connectivity index is 1.79. The maximum atomic E-state index is 13.0. The van der Waals surface area contributed by atoms with Crippen molar-refractivity contribution in [3.05, 3.63) is 24.3 Å². The summed E-state index contributed by atoms with van der Waals surface area (Å²) in [6.07, 6.45) is 20.1. The SMILES string of the molecule is CC/C=C\CCCCCCCCCCCCCC(=O)OC[C@H](COP(=O)(O)O[C@H]1C(O)C(O)C(O)[C@@H](OP(=O)(O)O)C1O)OC(=O)CCCCCCCC1OC1C/C=C\CCCCC. The molecular formula is C45H82O17P2. The fraction of sp³-hybridized carbons (Fsp3) is 0.867. The van der Waals surface area contributed by atoms with Gasteiger partial charge in [-0.3, -0.25) is 23.2 Å². The standard InChI is InChI=1S/C45H82O17P2/c1-3-5-7-9-11-12-13-14-15-16-17-18-19-23-27-31-38(46)57-33-35(34-58-64(55,56)62-45-42(50)40(48)41(49)44(43(45)51)61-63(52,53)54)59-39(47)32-28-24-20-22-26-30-37-36(60-37)29-25-21-10-8-6-4-2/h5,7,21,25,35-37,40-45,48-51H,3-4,6,8-20,22-24,26-34H2,1-2H3,(H,55,56)(H2,52,53,54)/b7-5-,25-21-/t35-,36?,37?,40?,41?,42?,43?,44-,45+/m1/s1. The second-order valence-corrected chi connectivity index (χ2v) is 19.8. The Hall–Kier alpha value is -1.56. The van der Waals surface area contributed by atoms with Crippen LogP contribution in [0.4, 0.5) is 0 Å². The number of ether oxygens (including phenoxy) is 3. The van der Waals surface area contributed by atoms with E-state index in [1.807, 2.05) is 0 Å². The summed E-state index contributed by atoms with van der Waals surface area (Å²) in [6, 6.07) is 0. The van der Waals surface area contributed by atoms with Crippen molar-refractivity contribution in [3.63, 3.8) is 0 Å². The average molecular weight is 957 g/mol. The minimum atomic E-state index is -5.37. The lowest BCUT2D eigenvalue weighted by Gasteiger charge is -2.43. The maximum absolute atomic E-state index is 13.0. The van der Waals surface area contributed by atoms with Crippen molar-refractivity contribution in [3.8, 4) is 0 Å². The zero-order valence-electron chi connectivity index (χ0n) is 38.4. The molecule has 1 saturated carbocycles. The number of aliphatic hydroxyl groups is 4. The minimum Gasteiger partial charge on any atom is -0.462 e. The molecule has 0 spiro atoms. The van der Waals surface area contributed by atoms with Crippen molar-refractivity contribution in [1.82, 2.24) is 0 Å². The summed E-state index contributed by atoms with van der Waals surface area (Å²) in [5.41, 5.74) is 0. The fourth-order valence-corrected chi connectivity index (χ4v) is 9.16. The molecule has 19 heteroatoms. The van der Waals surface area contributed by atoms with E-state index < -0.39 is 83.5 Å². The van der Waals surface area contributed by atoms with Crippen molar-refractivity contribution in [2.75, 3.05) is 13.2 Å². The molecule has 64 heavy (non-hydrogen) atoms. The number of hydrogen-bond donors (Lipinski definition) is 7. The third-order valence-corrected chi connectivity index (χ3v) is 12.9. The number of allylic oxidation sites excluding steroid dienone is 3. The van der Waals surface area contributed by atoms with Crippen LogP contribution in [0.2, 0.25) is 0 Å². The normalized spacial score (nSPS) is 25.1. The smallest absolute Gasteiger partial charge is 0.462 e. The molecule has 10 atom stereocenters. The van der Waals surface area contributed by atoms with Crippen LogP contribution in [0.3, 0.4) is 0 Å². The number of phosphoric ester groups is 2. The Kier molecular flexibility index (Phi) is 31.0. The summed E-state index contributed by atoms with van der Waals surface area (Å²) in [5.74, 6) is -1.23. The third kappa shape index (κ3) is 27.3. The van der Waals surface area contributed by atoms with Crippen molar-refractivity contribution < 1.29 is 81.6 Å². The minimum absolute atomic E-state index is 0.0225. The van der Waals surface area contributed by atoms with Gasteiger partial charge in [-0.15, -0.1) is 0 Å². The summed E-state index contributed by atoms with van der Waals surface area (Å²) in [7, 11) is -10.7. The predicted molar refractivity (Wildman–Crippen MR) is 241 cm³/mol. The molecule has 2 aliphatic rings. The number of esters is 2. The Morgan fingerprint density at radius 2 is 1.09 bits per heavy atom. The highest BCUT2D eigenvalue weighted by atomic mass is 31.2. The highest BCUT2D eigenvalue weighted by molar-refractivity contribution is 7.47. The van der Waals surface area contributed by atoms with Gasteiger partial charge in [-0.1, -0.05) is 134 Å². The lowest BCUT2D eigenvalue weighted by Crippen LogP contribution is -2.64. The van der Waals surface area contributed by atoms with Crippen LogP contribution in [0.1, 0.15) is 181 Å². The summed E-state index contributed by atoms with van der Waals surface area (Å²) >= 11 is 0. The summed E-state index contributed by atoms with van der Waals surface area (Å²) in [4.78, 5) is 54.3. The molecular weight excluding hydrogens is 874 g/mol. The van der Waals surface area contributed by atoms with Crippen LogP contribution in [0, 0.1) is 0 Å². The van der Waals surface area contributed by atoms with Gasteiger partial charge in [0.1, 0.15) is 43.2 Å². The largest absolute Gasteiger partial charge is 0.472 e. The van der Waals surface area contributed by atoms with Crippen molar-refractivity contribution in [2.24, 2.45) is 0 Å². The Morgan fingerprint density at radius 1 is 0.578 bits per heavy atom. The van der Waals surface area contributed by atoms with Gasteiger partial charge in [-0.25, -0.2) is 9.13 Å². The molecule has 2 rings (SSSR count). The molecule has 1 saturated heterocycles. The lowest BCUT2D eigenvalue weighted by molar-refractivity contribution is -0.216. The number of unbranched alkanes of at least 4 members (excludes halogenated alkanes) is 18. The number of aliphatic hydroxyl groups excluding tert-OH is 4. The van der Waals surface area contributed by atoms with Crippen LogP contribution in [0.15, 0.2) is 24.3 Å². The van der Waals surface area contributed by atoms with E-state index in [1.165, 1.54) is 57.8 Å². The number of hydrogen-bond acceptors (Lipinski definition) is 14. The monoisotopic (exact) mass is 957 g/mol. The summed E-state index contributed by atoms with van der Waals surface area (Å²) in [6.45, 7) is 2.98. The number of carbonyl (C=O) groups excluding carboxylic acids is 2. The van der Waals surface area contributed by atoms with Gasteiger partial charge in [0, 0.05) is 12.8 Å². The van der Waals surface area contributed by atoms with Gasteiger partial charge in [-0.05, 0) is 57.8 Å². The van der Waals surface area contributed by atoms with E-state index in [4.69, 9.17) is 23.3 Å². The zero-order valence-corrected chi connectivity index (χ0v) is 40.2. The first-order chi connectivity index (χ1) is 30.6. The molecule has 1 heterocycles. The van der Waals surface area contributed by atoms with Crippen LogP contribution < -0.4 is 0 Å². The fourth-order valence-electron chi connectivity index (χ4n) is 7.62. The average Bonchev–Trinajstić information content (AvgIpc) is 4.01. The third-order valence-electron chi connectivity index (χ3n) is 11.4. The zero-order chi connectivity index (χ0) is 47.2. The van der Waals surface area contributed by atoms with E-state index in [2.05, 4.69) is 42.7 Å². The molecule has 0 amide bonds. The van der Waals surface area contributed by atoms with Gasteiger partial charge in [0.2, 0.25) is 0 Å². The molecule has 1 aliphatic heterocycles. The topological polar surface area (TPSA) is 269 Å². The van der Waals surface area contributed by atoms with Gasteiger partial charge in [0.15, 0.2) is 6.10 Å². The van der Waals surface area contributed by atoms with Gasteiger partial charge in [-0.2, -0.15) is 0 Å². The quantitative estimate of drug-likeness (QED) is 0.0101. The molecule has 0 aromatic heterocycles.